The van der Waals surface area contributed by atoms with Gasteiger partial charge in [-0.1, -0.05) is 33.6 Å². The number of ether oxygens (including phenoxy) is 1. The second-order valence-corrected chi connectivity index (χ2v) is 6.27. The first kappa shape index (κ1) is 18.0. The molecule has 0 saturated carbocycles. The van der Waals surface area contributed by atoms with Crippen LogP contribution in [0.2, 0.25) is 0 Å². The van der Waals surface area contributed by atoms with E-state index in [4.69, 9.17) is 4.74 Å². The lowest BCUT2D eigenvalue weighted by Gasteiger charge is -2.13. The van der Waals surface area contributed by atoms with Crippen LogP contribution in [0.25, 0.3) is 0 Å². The maximum absolute atomic E-state index is 12.1. The van der Waals surface area contributed by atoms with Crippen molar-refractivity contribution in [1.29, 1.82) is 0 Å². The van der Waals surface area contributed by atoms with Crippen LogP contribution in [0.5, 0.6) is 5.75 Å². The molecule has 2 aromatic rings. The van der Waals surface area contributed by atoms with Gasteiger partial charge in [0.25, 0.3) is 5.91 Å². The molecule has 0 heterocycles. The van der Waals surface area contributed by atoms with Crippen molar-refractivity contribution >= 4 is 33.7 Å². The number of rotatable bonds is 6. The Kier molecular flexibility index (Phi) is 6.37. The maximum atomic E-state index is 12.1. The summed E-state index contributed by atoms with van der Waals surface area (Å²) < 4.78 is 6.16. The molecule has 0 spiro atoms. The molecule has 0 bridgehead atoms. The first-order valence-electron chi connectivity index (χ1n) is 7.49. The first-order chi connectivity index (χ1) is 11.5. The summed E-state index contributed by atoms with van der Waals surface area (Å²) in [6.45, 7) is 3.80. The molecule has 6 heteroatoms. The highest BCUT2D eigenvalue weighted by molar-refractivity contribution is 9.10. The Labute approximate surface area is 150 Å². The zero-order valence-electron chi connectivity index (χ0n) is 13.8. The number of benzene rings is 2. The Balaban J connectivity index is 1.94. The summed E-state index contributed by atoms with van der Waals surface area (Å²) in [6.07, 6.45) is 1.56. The van der Waals surface area contributed by atoms with Gasteiger partial charge in [-0.15, -0.1) is 0 Å². The number of nitrogens with one attached hydrogen (secondary N) is 2. The van der Waals surface area contributed by atoms with E-state index in [1.165, 1.54) is 5.56 Å². The molecule has 2 N–H and O–H groups in total. The zero-order valence-corrected chi connectivity index (χ0v) is 15.4. The SMILES string of the molecule is COc1ccc(Br)cc1/C=N/NC(=O)C(C)Nc1ccc(C)cc1. The van der Waals surface area contributed by atoms with Gasteiger partial charge in [-0.05, 0) is 44.2 Å². The highest BCUT2D eigenvalue weighted by Crippen LogP contribution is 2.21. The van der Waals surface area contributed by atoms with Gasteiger partial charge in [0.05, 0.1) is 13.3 Å². The zero-order chi connectivity index (χ0) is 17.5. The molecule has 0 aliphatic heterocycles. The highest BCUT2D eigenvalue weighted by Gasteiger charge is 2.11. The summed E-state index contributed by atoms with van der Waals surface area (Å²) in [5.41, 5.74) is 5.36. The number of methoxy groups -OCH3 is 1. The smallest absolute Gasteiger partial charge is 0.262 e. The van der Waals surface area contributed by atoms with Crippen molar-refractivity contribution in [2.24, 2.45) is 5.10 Å². The van der Waals surface area contributed by atoms with Crippen molar-refractivity contribution in [3.05, 3.63) is 58.1 Å². The Bertz CT molecular complexity index is 730. The number of anilines is 1. The van der Waals surface area contributed by atoms with Gasteiger partial charge in [-0.3, -0.25) is 4.79 Å². The molecule has 0 aliphatic rings. The quantitative estimate of drug-likeness (QED) is 0.584. The molecule has 0 radical (unpaired) electrons. The standard InChI is InChI=1S/C18H20BrN3O2/c1-12-4-7-16(8-5-12)21-13(2)18(23)22-20-11-14-10-15(19)6-9-17(14)24-3/h4-11,13,21H,1-3H3,(H,22,23)/b20-11+. The fourth-order valence-corrected chi connectivity index (χ4v) is 2.41. The summed E-state index contributed by atoms with van der Waals surface area (Å²) >= 11 is 3.40. The van der Waals surface area contributed by atoms with Crippen LogP contribution < -0.4 is 15.5 Å². The molecule has 24 heavy (non-hydrogen) atoms. The molecular weight excluding hydrogens is 370 g/mol. The number of amides is 1. The van der Waals surface area contributed by atoms with Gasteiger partial charge in [-0.25, -0.2) is 5.43 Å². The fraction of sp³-hybridized carbons (Fsp3) is 0.222. The largest absolute Gasteiger partial charge is 0.496 e. The second-order valence-electron chi connectivity index (χ2n) is 5.35. The molecule has 1 unspecified atom stereocenters. The van der Waals surface area contributed by atoms with Crippen molar-refractivity contribution in [3.63, 3.8) is 0 Å². The third-order valence-corrected chi connectivity index (χ3v) is 3.89. The number of hydrazone groups is 1. The monoisotopic (exact) mass is 389 g/mol. The van der Waals surface area contributed by atoms with E-state index in [2.05, 4.69) is 31.8 Å². The van der Waals surface area contributed by atoms with Crippen LogP contribution >= 0.6 is 15.9 Å². The Morgan fingerprint density at radius 1 is 1.25 bits per heavy atom. The number of nitrogens with zero attached hydrogens (tertiary/aromatic N) is 1. The van der Waals surface area contributed by atoms with E-state index in [0.717, 1.165) is 15.7 Å². The van der Waals surface area contributed by atoms with E-state index in [0.29, 0.717) is 5.75 Å². The van der Waals surface area contributed by atoms with Crippen LogP contribution in [-0.4, -0.2) is 25.3 Å². The van der Waals surface area contributed by atoms with E-state index >= 15 is 0 Å². The Morgan fingerprint density at radius 3 is 2.62 bits per heavy atom. The van der Waals surface area contributed by atoms with Crippen LogP contribution in [0.4, 0.5) is 5.69 Å². The van der Waals surface area contributed by atoms with Gasteiger partial charge < -0.3 is 10.1 Å². The fourth-order valence-electron chi connectivity index (χ4n) is 2.03. The molecule has 2 rings (SSSR count). The van der Waals surface area contributed by atoms with Crippen LogP contribution in [0.3, 0.4) is 0 Å². The topological polar surface area (TPSA) is 62.7 Å². The lowest BCUT2D eigenvalue weighted by atomic mass is 10.2. The first-order valence-corrected chi connectivity index (χ1v) is 8.28. The van der Waals surface area contributed by atoms with Gasteiger partial charge >= 0.3 is 0 Å². The van der Waals surface area contributed by atoms with E-state index in [1.54, 1.807) is 20.2 Å². The van der Waals surface area contributed by atoms with Crippen LogP contribution in [0.1, 0.15) is 18.1 Å². The summed E-state index contributed by atoms with van der Waals surface area (Å²) in [5, 5.41) is 7.13. The number of carbonyl (C=O) groups is 1. The number of carbonyl (C=O) groups excluding carboxylic acids is 1. The summed E-state index contributed by atoms with van der Waals surface area (Å²) in [7, 11) is 1.59. The van der Waals surface area contributed by atoms with Crippen molar-refractivity contribution in [3.8, 4) is 5.75 Å². The predicted octanol–water partition coefficient (Wildman–Crippen LogP) is 3.72. The minimum Gasteiger partial charge on any atom is -0.496 e. The average Bonchev–Trinajstić information content (AvgIpc) is 2.57. The molecule has 0 aliphatic carbocycles. The number of hydrogen-bond donors (Lipinski definition) is 2. The Morgan fingerprint density at radius 2 is 1.96 bits per heavy atom. The molecule has 0 fully saturated rings. The van der Waals surface area contributed by atoms with Crippen LogP contribution in [-0.2, 0) is 4.79 Å². The van der Waals surface area contributed by atoms with Crippen molar-refractivity contribution in [2.45, 2.75) is 19.9 Å². The molecule has 1 amide bonds. The molecule has 5 nitrogen and oxygen atoms in total. The second kappa shape index (κ2) is 8.49. The van der Waals surface area contributed by atoms with E-state index in [-0.39, 0.29) is 5.91 Å². The minimum absolute atomic E-state index is 0.221. The van der Waals surface area contributed by atoms with Gasteiger partial charge in [0.2, 0.25) is 0 Å². The number of halogens is 1. The van der Waals surface area contributed by atoms with Gasteiger partial charge in [0.15, 0.2) is 0 Å². The molecule has 0 saturated heterocycles. The highest BCUT2D eigenvalue weighted by atomic mass is 79.9. The van der Waals surface area contributed by atoms with E-state index < -0.39 is 6.04 Å². The van der Waals surface area contributed by atoms with E-state index in [9.17, 15) is 4.79 Å². The van der Waals surface area contributed by atoms with Gasteiger partial charge in [0.1, 0.15) is 11.8 Å². The molecule has 2 aromatic carbocycles. The average molecular weight is 390 g/mol. The molecular formula is C18H20BrN3O2. The summed E-state index contributed by atoms with van der Waals surface area (Å²) in [6, 6.07) is 13.0. The number of aryl methyl sites for hydroxylation is 1. The minimum atomic E-state index is -0.408. The van der Waals surface area contributed by atoms with Crippen molar-refractivity contribution in [2.75, 3.05) is 12.4 Å². The number of hydrogen-bond acceptors (Lipinski definition) is 4. The summed E-state index contributed by atoms with van der Waals surface area (Å²) in [4.78, 5) is 12.1. The lowest BCUT2D eigenvalue weighted by molar-refractivity contribution is -0.121. The third kappa shape index (κ3) is 5.09. The van der Waals surface area contributed by atoms with Gasteiger partial charge in [-0.2, -0.15) is 5.10 Å². The summed E-state index contributed by atoms with van der Waals surface area (Å²) in [5.74, 6) is 0.461. The van der Waals surface area contributed by atoms with Crippen LogP contribution in [0.15, 0.2) is 52.0 Å². The Hall–Kier alpha value is -2.34. The maximum Gasteiger partial charge on any atom is 0.262 e. The lowest BCUT2D eigenvalue weighted by Crippen LogP contribution is -2.34. The van der Waals surface area contributed by atoms with Crippen LogP contribution in [0, 0.1) is 6.92 Å². The van der Waals surface area contributed by atoms with Gasteiger partial charge in [0, 0.05) is 15.7 Å². The van der Waals surface area contributed by atoms with Crippen molar-refractivity contribution in [1.82, 2.24) is 5.43 Å². The van der Waals surface area contributed by atoms with E-state index in [1.807, 2.05) is 49.4 Å². The molecule has 0 aromatic heterocycles. The third-order valence-electron chi connectivity index (χ3n) is 3.40. The molecule has 126 valence electrons. The van der Waals surface area contributed by atoms with Crippen molar-refractivity contribution < 1.29 is 9.53 Å². The molecule has 1 atom stereocenters. The normalized spacial score (nSPS) is 12.0. The predicted molar refractivity (Wildman–Crippen MR) is 101 cm³/mol.